The van der Waals surface area contributed by atoms with Crippen molar-refractivity contribution in [2.45, 2.75) is 75.5 Å². The lowest BCUT2D eigenvalue weighted by atomic mass is 9.62. The summed E-state index contributed by atoms with van der Waals surface area (Å²) in [5, 5.41) is 16.1. The highest BCUT2D eigenvalue weighted by Gasteiger charge is 2.58. The highest BCUT2D eigenvalue weighted by molar-refractivity contribution is 7.80. The Morgan fingerprint density at radius 2 is 1.85 bits per heavy atom. The minimum atomic E-state index is -0.886. The first-order valence-electron chi connectivity index (χ1n) is 10.1. The predicted octanol–water partition coefficient (Wildman–Crippen LogP) is 4.14. The monoisotopic (exact) mass is 376 g/mol. The highest BCUT2D eigenvalue weighted by atomic mass is 32.1. The molecule has 3 nitrogen and oxygen atoms in total. The van der Waals surface area contributed by atoms with Crippen LogP contribution in [-0.2, 0) is 6.42 Å². The second-order valence-corrected chi connectivity index (χ2v) is 8.70. The van der Waals surface area contributed by atoms with Crippen LogP contribution in [0.4, 0.5) is 4.39 Å². The molecule has 3 aliphatic rings. The Labute approximate surface area is 161 Å². The van der Waals surface area contributed by atoms with E-state index in [1.807, 2.05) is 17.0 Å². The van der Waals surface area contributed by atoms with Crippen molar-refractivity contribution in [2.24, 2.45) is 5.92 Å². The van der Waals surface area contributed by atoms with Crippen LogP contribution in [0.15, 0.2) is 24.3 Å². The standard InChI is InChI=1S/C21H29FN2OS/c22-17-9-3-2-8-16(17)11-15-24-19(26)23-20(12-5-1-6-13-20)18-10-4-7-14-21(18,24)25/h2-3,8-9,18,25H,1,4-7,10-15H2,(H,23,26)/t18-,21+/m0/s1. The van der Waals surface area contributed by atoms with Crippen molar-refractivity contribution in [3.8, 4) is 0 Å². The van der Waals surface area contributed by atoms with E-state index in [0.717, 1.165) is 32.1 Å². The number of halogens is 1. The molecule has 3 fully saturated rings. The first kappa shape index (κ1) is 18.2. The molecule has 2 aliphatic carbocycles. The molecular weight excluding hydrogens is 347 g/mol. The van der Waals surface area contributed by atoms with Gasteiger partial charge >= 0.3 is 0 Å². The van der Waals surface area contributed by atoms with Crippen LogP contribution in [0.25, 0.3) is 0 Å². The van der Waals surface area contributed by atoms with Crippen molar-refractivity contribution in [3.63, 3.8) is 0 Å². The molecule has 1 aromatic carbocycles. The first-order valence-corrected chi connectivity index (χ1v) is 10.5. The summed E-state index contributed by atoms with van der Waals surface area (Å²) in [6.45, 7) is 0.551. The molecule has 0 bridgehead atoms. The zero-order valence-electron chi connectivity index (χ0n) is 15.3. The van der Waals surface area contributed by atoms with Gasteiger partial charge in [0.15, 0.2) is 5.11 Å². The van der Waals surface area contributed by atoms with Gasteiger partial charge in [0.2, 0.25) is 0 Å². The van der Waals surface area contributed by atoms with Crippen LogP contribution in [0.2, 0.25) is 0 Å². The number of aliphatic hydroxyl groups is 1. The van der Waals surface area contributed by atoms with Crippen LogP contribution >= 0.6 is 12.2 Å². The van der Waals surface area contributed by atoms with Gasteiger partial charge < -0.3 is 15.3 Å². The molecule has 0 radical (unpaired) electrons. The summed E-state index contributed by atoms with van der Waals surface area (Å²) in [4.78, 5) is 1.97. The molecule has 1 aliphatic heterocycles. The topological polar surface area (TPSA) is 35.5 Å². The number of hydrogen-bond acceptors (Lipinski definition) is 2. The van der Waals surface area contributed by atoms with Crippen LogP contribution in [0, 0.1) is 11.7 Å². The highest BCUT2D eigenvalue weighted by Crippen LogP contribution is 2.50. The number of nitrogens with zero attached hydrogens (tertiary/aromatic N) is 1. The van der Waals surface area contributed by atoms with E-state index < -0.39 is 5.72 Å². The summed E-state index contributed by atoms with van der Waals surface area (Å²) in [5.41, 5.74) is -0.244. The molecule has 142 valence electrons. The van der Waals surface area contributed by atoms with Crippen molar-refractivity contribution in [1.82, 2.24) is 10.2 Å². The minimum Gasteiger partial charge on any atom is -0.370 e. The van der Waals surface area contributed by atoms with E-state index in [2.05, 4.69) is 5.32 Å². The largest absolute Gasteiger partial charge is 0.370 e. The number of rotatable bonds is 3. The van der Waals surface area contributed by atoms with Gasteiger partial charge in [-0.1, -0.05) is 43.9 Å². The molecule has 4 rings (SSSR count). The van der Waals surface area contributed by atoms with E-state index in [-0.39, 0.29) is 17.3 Å². The third-order valence-corrected chi connectivity index (χ3v) is 7.21. The van der Waals surface area contributed by atoms with Crippen LogP contribution in [-0.4, -0.2) is 32.9 Å². The number of thiocarbonyl (C=S) groups is 1. The van der Waals surface area contributed by atoms with Crippen molar-refractivity contribution in [3.05, 3.63) is 35.6 Å². The zero-order valence-corrected chi connectivity index (χ0v) is 16.2. The first-order chi connectivity index (χ1) is 12.6. The van der Waals surface area contributed by atoms with Gasteiger partial charge in [-0.15, -0.1) is 0 Å². The minimum absolute atomic E-state index is 0.0427. The molecule has 1 saturated heterocycles. The van der Waals surface area contributed by atoms with Crippen LogP contribution < -0.4 is 5.32 Å². The Morgan fingerprint density at radius 3 is 2.62 bits per heavy atom. The van der Waals surface area contributed by atoms with Gasteiger partial charge in [-0.25, -0.2) is 4.39 Å². The van der Waals surface area contributed by atoms with Gasteiger partial charge in [0.25, 0.3) is 0 Å². The molecule has 2 N–H and O–H groups in total. The lowest BCUT2D eigenvalue weighted by Crippen LogP contribution is -2.75. The van der Waals surface area contributed by atoms with Crippen molar-refractivity contribution in [1.29, 1.82) is 0 Å². The quantitative estimate of drug-likeness (QED) is 0.777. The molecule has 0 aromatic heterocycles. The van der Waals surface area contributed by atoms with E-state index in [4.69, 9.17) is 12.2 Å². The second-order valence-electron chi connectivity index (χ2n) is 8.32. The maximum atomic E-state index is 14.0. The normalized spacial score (nSPS) is 30.8. The van der Waals surface area contributed by atoms with Crippen molar-refractivity contribution >= 4 is 17.3 Å². The maximum absolute atomic E-state index is 14.0. The predicted molar refractivity (Wildman–Crippen MR) is 105 cm³/mol. The third-order valence-electron chi connectivity index (χ3n) is 6.89. The molecule has 26 heavy (non-hydrogen) atoms. The SMILES string of the molecule is O[C@]12CCCC[C@H]1C1(CCCCC1)NC(=S)N2CCc1ccccc1F. The second kappa shape index (κ2) is 7.08. The van der Waals surface area contributed by atoms with Gasteiger partial charge in [0.1, 0.15) is 11.5 Å². The Morgan fingerprint density at radius 1 is 1.12 bits per heavy atom. The van der Waals surface area contributed by atoms with Gasteiger partial charge in [0, 0.05) is 18.0 Å². The fourth-order valence-electron chi connectivity index (χ4n) is 5.61. The summed E-state index contributed by atoms with van der Waals surface area (Å²) >= 11 is 5.73. The summed E-state index contributed by atoms with van der Waals surface area (Å²) in [7, 11) is 0. The average Bonchev–Trinajstić information content (AvgIpc) is 2.63. The Balaban J connectivity index is 1.59. The molecule has 5 heteroatoms. The Kier molecular flexibility index (Phi) is 4.95. The van der Waals surface area contributed by atoms with Gasteiger partial charge in [-0.05, 0) is 62.4 Å². The van der Waals surface area contributed by atoms with Crippen LogP contribution in [0.3, 0.4) is 0 Å². The summed E-state index contributed by atoms with van der Waals surface area (Å²) < 4.78 is 14.0. The van der Waals surface area contributed by atoms with E-state index >= 15 is 0 Å². The Bertz CT molecular complexity index is 676. The maximum Gasteiger partial charge on any atom is 0.171 e. The van der Waals surface area contributed by atoms with E-state index in [1.54, 1.807) is 6.07 Å². The number of hydrogen-bond donors (Lipinski definition) is 2. The van der Waals surface area contributed by atoms with E-state index in [0.29, 0.717) is 23.6 Å². The molecule has 0 amide bonds. The van der Waals surface area contributed by atoms with Gasteiger partial charge in [-0.3, -0.25) is 0 Å². The smallest absolute Gasteiger partial charge is 0.171 e. The summed E-state index contributed by atoms with van der Waals surface area (Å²) in [5.74, 6) is 0.0238. The number of nitrogens with one attached hydrogen (secondary N) is 1. The molecule has 1 aromatic rings. The van der Waals surface area contributed by atoms with E-state index in [1.165, 1.54) is 31.7 Å². The van der Waals surface area contributed by atoms with E-state index in [9.17, 15) is 9.50 Å². The molecule has 1 spiro atoms. The fraction of sp³-hybridized carbons (Fsp3) is 0.667. The molecular formula is C21H29FN2OS. The molecule has 1 heterocycles. The van der Waals surface area contributed by atoms with Crippen molar-refractivity contribution in [2.75, 3.05) is 6.54 Å². The number of benzene rings is 1. The molecule has 2 atom stereocenters. The fourth-order valence-corrected chi connectivity index (χ4v) is 6.06. The molecule has 0 unspecified atom stereocenters. The van der Waals surface area contributed by atoms with Gasteiger partial charge in [0.05, 0.1) is 0 Å². The van der Waals surface area contributed by atoms with Crippen molar-refractivity contribution < 1.29 is 9.50 Å². The molecule has 2 saturated carbocycles. The summed E-state index contributed by atoms with van der Waals surface area (Å²) in [6, 6.07) is 6.89. The van der Waals surface area contributed by atoms with Crippen LogP contribution in [0.5, 0.6) is 0 Å². The average molecular weight is 377 g/mol. The lowest BCUT2D eigenvalue weighted by molar-refractivity contribution is -0.181. The lowest BCUT2D eigenvalue weighted by Gasteiger charge is -2.61. The number of fused-ring (bicyclic) bond motifs is 2. The Hall–Kier alpha value is -1.20. The summed E-state index contributed by atoms with van der Waals surface area (Å²) in [6.07, 6.45) is 10.4. The zero-order chi connectivity index (χ0) is 18.2. The van der Waals surface area contributed by atoms with Gasteiger partial charge in [-0.2, -0.15) is 0 Å². The third kappa shape index (κ3) is 3.03. The van der Waals surface area contributed by atoms with Crippen LogP contribution in [0.1, 0.15) is 63.4 Å².